The fraction of sp³-hybridized carbons (Fsp3) is 0.143. The van der Waals surface area contributed by atoms with Crippen molar-refractivity contribution in [1.82, 2.24) is 10.6 Å². The summed E-state index contributed by atoms with van der Waals surface area (Å²) in [5.41, 5.74) is 1.23. The molecule has 1 heterocycles. The van der Waals surface area contributed by atoms with Crippen LogP contribution in [-0.4, -0.2) is 17.9 Å². The summed E-state index contributed by atoms with van der Waals surface area (Å²) in [5, 5.41) is 5.38. The van der Waals surface area contributed by atoms with Crippen LogP contribution < -0.4 is 10.6 Å². The molecule has 0 aliphatic rings. The molecule has 1 unspecified atom stereocenters. The molecular formula is C21H18BrFN2O3. The zero-order chi connectivity index (χ0) is 19.9. The lowest BCUT2D eigenvalue weighted by Gasteiger charge is -2.18. The van der Waals surface area contributed by atoms with Gasteiger partial charge in [-0.3, -0.25) is 9.59 Å². The van der Waals surface area contributed by atoms with Crippen LogP contribution in [0.3, 0.4) is 0 Å². The summed E-state index contributed by atoms with van der Waals surface area (Å²) in [4.78, 5) is 25.1. The number of carbonyl (C=O) groups excluding carboxylic acids is 2. The first-order chi connectivity index (χ1) is 13.5. The third-order valence-corrected chi connectivity index (χ3v) is 4.60. The highest BCUT2D eigenvalue weighted by Crippen LogP contribution is 2.15. The summed E-state index contributed by atoms with van der Waals surface area (Å²) >= 11 is 3.28. The monoisotopic (exact) mass is 444 g/mol. The number of amides is 2. The molecule has 0 aliphatic heterocycles. The van der Waals surface area contributed by atoms with Crippen LogP contribution in [0.25, 0.3) is 0 Å². The Labute approximate surface area is 170 Å². The standard InChI is InChI=1S/C21H18BrFN2O3/c22-16-8-9-17(23)15(12-16)13-24-20(26)18(11-14-5-2-1-3-6-14)25-21(27)19-7-4-10-28-19/h1-10,12,18H,11,13H2,(H,24,26)(H,25,27). The number of carbonyl (C=O) groups is 2. The van der Waals surface area contributed by atoms with Crippen LogP contribution in [0.5, 0.6) is 0 Å². The highest BCUT2D eigenvalue weighted by Gasteiger charge is 2.23. The Hall–Kier alpha value is -2.93. The van der Waals surface area contributed by atoms with E-state index in [4.69, 9.17) is 4.42 Å². The lowest BCUT2D eigenvalue weighted by molar-refractivity contribution is -0.123. The van der Waals surface area contributed by atoms with Crippen molar-refractivity contribution in [1.29, 1.82) is 0 Å². The predicted molar refractivity (Wildman–Crippen MR) is 106 cm³/mol. The molecule has 3 rings (SSSR count). The Morgan fingerprint density at radius 2 is 1.86 bits per heavy atom. The van der Waals surface area contributed by atoms with Crippen LogP contribution in [0.1, 0.15) is 21.7 Å². The lowest BCUT2D eigenvalue weighted by atomic mass is 10.0. The molecule has 28 heavy (non-hydrogen) atoms. The molecule has 3 aromatic rings. The van der Waals surface area contributed by atoms with Gasteiger partial charge in [-0.25, -0.2) is 4.39 Å². The molecular weight excluding hydrogens is 427 g/mol. The van der Waals surface area contributed by atoms with Crippen molar-refractivity contribution in [3.8, 4) is 0 Å². The van der Waals surface area contributed by atoms with E-state index in [1.807, 2.05) is 30.3 Å². The maximum atomic E-state index is 13.9. The highest BCUT2D eigenvalue weighted by molar-refractivity contribution is 9.10. The molecule has 2 N–H and O–H groups in total. The highest BCUT2D eigenvalue weighted by atomic mass is 79.9. The zero-order valence-corrected chi connectivity index (χ0v) is 16.4. The van der Waals surface area contributed by atoms with Crippen LogP contribution in [0.2, 0.25) is 0 Å². The summed E-state index contributed by atoms with van der Waals surface area (Å²) in [7, 11) is 0. The second kappa shape index (κ2) is 9.32. The summed E-state index contributed by atoms with van der Waals surface area (Å²) in [6.45, 7) is 0.00597. The van der Waals surface area contributed by atoms with E-state index in [2.05, 4.69) is 26.6 Å². The van der Waals surface area contributed by atoms with Gasteiger partial charge in [-0.05, 0) is 35.9 Å². The van der Waals surface area contributed by atoms with Gasteiger partial charge in [-0.1, -0.05) is 46.3 Å². The number of rotatable bonds is 7. The molecule has 7 heteroatoms. The van der Waals surface area contributed by atoms with Gasteiger partial charge in [0.05, 0.1) is 6.26 Å². The van der Waals surface area contributed by atoms with Crippen molar-refractivity contribution < 1.29 is 18.4 Å². The van der Waals surface area contributed by atoms with E-state index in [1.165, 1.54) is 18.4 Å². The largest absolute Gasteiger partial charge is 0.459 e. The third kappa shape index (κ3) is 5.29. The Morgan fingerprint density at radius 3 is 2.57 bits per heavy atom. The molecule has 0 bridgehead atoms. The number of halogens is 2. The van der Waals surface area contributed by atoms with E-state index in [-0.39, 0.29) is 12.3 Å². The molecule has 0 saturated heterocycles. The minimum absolute atomic E-state index is 0.00597. The smallest absolute Gasteiger partial charge is 0.287 e. The van der Waals surface area contributed by atoms with E-state index in [0.29, 0.717) is 16.5 Å². The van der Waals surface area contributed by atoms with E-state index in [1.54, 1.807) is 18.2 Å². The third-order valence-electron chi connectivity index (χ3n) is 4.11. The van der Waals surface area contributed by atoms with Crippen LogP contribution in [0.15, 0.2) is 75.8 Å². The predicted octanol–water partition coefficient (Wildman–Crippen LogP) is 3.84. The summed E-state index contributed by atoms with van der Waals surface area (Å²) in [6, 6.07) is 16.1. The maximum absolute atomic E-state index is 13.9. The molecule has 2 aromatic carbocycles. The van der Waals surface area contributed by atoms with Crippen molar-refractivity contribution in [3.63, 3.8) is 0 Å². The van der Waals surface area contributed by atoms with Gasteiger partial charge < -0.3 is 15.1 Å². The first-order valence-electron chi connectivity index (χ1n) is 8.63. The number of furan rings is 1. The average molecular weight is 445 g/mol. The average Bonchev–Trinajstić information content (AvgIpc) is 3.23. The fourth-order valence-corrected chi connectivity index (χ4v) is 3.09. The van der Waals surface area contributed by atoms with Gasteiger partial charge in [0.1, 0.15) is 11.9 Å². The molecule has 0 radical (unpaired) electrons. The molecule has 0 fully saturated rings. The summed E-state index contributed by atoms with van der Waals surface area (Å²) in [5.74, 6) is -1.20. The van der Waals surface area contributed by atoms with Gasteiger partial charge in [0.15, 0.2) is 5.76 Å². The number of hydrogen-bond acceptors (Lipinski definition) is 3. The van der Waals surface area contributed by atoms with Crippen LogP contribution >= 0.6 is 15.9 Å². The second-order valence-electron chi connectivity index (χ2n) is 6.15. The molecule has 144 valence electrons. The normalized spacial score (nSPS) is 11.6. The molecule has 0 spiro atoms. The minimum atomic E-state index is -0.838. The van der Waals surface area contributed by atoms with Gasteiger partial charge in [0, 0.05) is 23.0 Å². The lowest BCUT2D eigenvalue weighted by Crippen LogP contribution is -2.47. The Morgan fingerprint density at radius 1 is 1.07 bits per heavy atom. The molecule has 0 saturated carbocycles. The maximum Gasteiger partial charge on any atom is 0.287 e. The van der Waals surface area contributed by atoms with Crippen LogP contribution in [0.4, 0.5) is 4.39 Å². The summed E-state index contributed by atoms with van der Waals surface area (Å²) < 4.78 is 19.7. The van der Waals surface area contributed by atoms with E-state index < -0.39 is 23.7 Å². The van der Waals surface area contributed by atoms with Gasteiger partial charge in [0.25, 0.3) is 5.91 Å². The Kier molecular flexibility index (Phi) is 6.60. The minimum Gasteiger partial charge on any atom is -0.459 e. The van der Waals surface area contributed by atoms with Crippen molar-refractivity contribution >= 4 is 27.7 Å². The van der Waals surface area contributed by atoms with Gasteiger partial charge in [-0.15, -0.1) is 0 Å². The first kappa shape index (κ1) is 19.8. The van der Waals surface area contributed by atoms with Gasteiger partial charge >= 0.3 is 0 Å². The van der Waals surface area contributed by atoms with Crippen molar-refractivity contribution in [2.24, 2.45) is 0 Å². The molecule has 1 atom stereocenters. The Balaban J connectivity index is 1.72. The number of nitrogens with one attached hydrogen (secondary N) is 2. The fourth-order valence-electron chi connectivity index (χ4n) is 2.68. The SMILES string of the molecule is O=C(NC(Cc1ccccc1)C(=O)NCc1cc(Br)ccc1F)c1ccco1. The molecule has 5 nitrogen and oxygen atoms in total. The van der Waals surface area contributed by atoms with E-state index >= 15 is 0 Å². The molecule has 2 amide bonds. The molecule has 1 aromatic heterocycles. The Bertz CT molecular complexity index is 946. The van der Waals surface area contributed by atoms with Crippen molar-refractivity contribution in [3.05, 3.63) is 94.1 Å². The van der Waals surface area contributed by atoms with E-state index in [0.717, 1.165) is 5.56 Å². The number of hydrogen-bond donors (Lipinski definition) is 2. The van der Waals surface area contributed by atoms with Crippen molar-refractivity contribution in [2.75, 3.05) is 0 Å². The second-order valence-corrected chi connectivity index (χ2v) is 7.06. The summed E-state index contributed by atoms with van der Waals surface area (Å²) in [6.07, 6.45) is 1.68. The van der Waals surface area contributed by atoms with Crippen LogP contribution in [-0.2, 0) is 17.8 Å². The van der Waals surface area contributed by atoms with Crippen molar-refractivity contribution in [2.45, 2.75) is 19.0 Å². The zero-order valence-electron chi connectivity index (χ0n) is 14.8. The van der Waals surface area contributed by atoms with Gasteiger partial charge in [-0.2, -0.15) is 0 Å². The van der Waals surface area contributed by atoms with Gasteiger partial charge in [0.2, 0.25) is 5.91 Å². The molecule has 0 aliphatic carbocycles. The number of benzene rings is 2. The van der Waals surface area contributed by atoms with E-state index in [9.17, 15) is 14.0 Å². The first-order valence-corrected chi connectivity index (χ1v) is 9.42. The van der Waals surface area contributed by atoms with Crippen LogP contribution in [0, 0.1) is 5.82 Å². The quantitative estimate of drug-likeness (QED) is 0.581. The topological polar surface area (TPSA) is 71.3 Å².